The molecule has 0 spiro atoms. The van der Waals surface area contributed by atoms with Crippen LogP contribution >= 0.6 is 0 Å². The van der Waals surface area contributed by atoms with Crippen molar-refractivity contribution in [3.8, 4) is 33.9 Å². The average Bonchev–Trinajstić information content (AvgIpc) is 3.69. The second kappa shape index (κ2) is 13.3. The maximum absolute atomic E-state index is 6.76. The van der Waals surface area contributed by atoms with Crippen molar-refractivity contribution in [1.29, 1.82) is 0 Å². The van der Waals surface area contributed by atoms with Crippen molar-refractivity contribution in [3.63, 3.8) is 0 Å². The first-order chi connectivity index (χ1) is 26.5. The van der Waals surface area contributed by atoms with Crippen LogP contribution < -0.4 is 4.74 Å². The summed E-state index contributed by atoms with van der Waals surface area (Å²) in [6, 6.07) is 41.4. The van der Waals surface area contributed by atoms with Gasteiger partial charge in [0, 0.05) is 71.3 Å². The number of pyridine rings is 2. The van der Waals surface area contributed by atoms with Gasteiger partial charge in [-0.1, -0.05) is 120 Å². The summed E-state index contributed by atoms with van der Waals surface area (Å²) in [5.41, 5.74) is 13.8. The number of ether oxygens (including phenoxy) is 1. The van der Waals surface area contributed by atoms with Crippen LogP contribution in [0.1, 0.15) is 77.0 Å². The van der Waals surface area contributed by atoms with Crippen LogP contribution in [0.2, 0.25) is 0 Å². The minimum absolute atomic E-state index is 0. The monoisotopic (exact) mass is 908 g/mol. The van der Waals surface area contributed by atoms with E-state index in [2.05, 4.69) is 132 Å². The molecule has 10 rings (SSSR count). The Hall–Kier alpha value is -5.55. The Morgan fingerprint density at radius 1 is 0.679 bits per heavy atom. The quantitative estimate of drug-likeness (QED) is 0.156. The summed E-state index contributed by atoms with van der Waals surface area (Å²) in [6.07, 6.45) is 3.73. The van der Waals surface area contributed by atoms with Gasteiger partial charge in [0.15, 0.2) is 0 Å². The van der Waals surface area contributed by atoms with Gasteiger partial charge >= 0.3 is 0 Å². The molecule has 0 bridgehead atoms. The molecular weight excluding hydrogens is 867 g/mol. The van der Waals surface area contributed by atoms with Gasteiger partial charge in [0.05, 0.1) is 0 Å². The largest absolute Gasteiger partial charge is 0.497 e. The van der Waals surface area contributed by atoms with Crippen molar-refractivity contribution in [2.75, 3.05) is 0 Å². The zero-order valence-corrected chi connectivity index (χ0v) is 34.9. The van der Waals surface area contributed by atoms with Crippen LogP contribution in [0.5, 0.6) is 11.5 Å². The Balaban J connectivity index is 0.00000410. The van der Waals surface area contributed by atoms with Gasteiger partial charge in [0.1, 0.15) is 11.2 Å². The van der Waals surface area contributed by atoms with Crippen LogP contribution in [0.4, 0.5) is 0 Å². The fraction of sp³-hybridized carbons (Fsp3) is 0.200. The topological polar surface area (TPSA) is 52.6 Å². The smallest absolute Gasteiger partial charge is 0.136 e. The maximum atomic E-state index is 6.76. The number of rotatable bonds is 6. The fourth-order valence-corrected chi connectivity index (χ4v) is 8.51. The average molecular weight is 908 g/mol. The molecule has 5 heterocycles. The minimum Gasteiger partial charge on any atom is -0.497 e. The predicted octanol–water partition coefficient (Wildman–Crippen LogP) is 13.8. The summed E-state index contributed by atoms with van der Waals surface area (Å²) in [5, 5.41) is 5.16. The van der Waals surface area contributed by atoms with Crippen molar-refractivity contribution in [2.45, 2.75) is 65.7 Å². The van der Waals surface area contributed by atoms with Gasteiger partial charge in [-0.2, -0.15) is 0 Å². The summed E-state index contributed by atoms with van der Waals surface area (Å²) in [7, 11) is 0. The van der Waals surface area contributed by atoms with Gasteiger partial charge in [-0.15, -0.1) is 23.8 Å². The van der Waals surface area contributed by atoms with E-state index in [0.717, 1.165) is 77.0 Å². The van der Waals surface area contributed by atoms with Gasteiger partial charge in [-0.3, -0.25) is 0 Å². The predicted molar refractivity (Wildman–Crippen MR) is 226 cm³/mol. The van der Waals surface area contributed by atoms with Gasteiger partial charge in [-0.05, 0) is 92.0 Å². The third-order valence-electron chi connectivity index (χ3n) is 11.2. The molecule has 1 radical (unpaired) electrons. The van der Waals surface area contributed by atoms with E-state index >= 15 is 0 Å². The van der Waals surface area contributed by atoms with Crippen molar-refractivity contribution in [1.82, 2.24) is 14.4 Å². The van der Waals surface area contributed by atoms with E-state index in [9.17, 15) is 0 Å². The molecule has 6 heteroatoms. The van der Waals surface area contributed by atoms with E-state index in [1.165, 1.54) is 22.3 Å². The van der Waals surface area contributed by atoms with E-state index in [1.54, 1.807) is 0 Å². The molecule has 0 aliphatic rings. The molecule has 0 fully saturated rings. The molecule has 0 aliphatic carbocycles. The molecule has 0 N–H and O–H groups in total. The molecule has 5 aromatic heterocycles. The summed E-state index contributed by atoms with van der Waals surface area (Å²) in [5.74, 6) is 1.96. The molecule has 0 unspecified atom stereocenters. The van der Waals surface area contributed by atoms with Gasteiger partial charge in [-0.25, -0.2) is 0 Å². The van der Waals surface area contributed by atoms with E-state index < -0.39 is 0 Å². The van der Waals surface area contributed by atoms with Crippen molar-refractivity contribution in [3.05, 3.63) is 138 Å². The Labute approximate surface area is 340 Å². The molecule has 5 nitrogen and oxygen atoms in total. The standard InChI is InChI=1S/C50H41N3O2.Ir/c1-28(2)35-13-9-14-36(29(3)4)45(35)31-19-21-51-40(24-31)30-11-8-12-33(23-30)54-34-26-38-37-25-32(50(5,6)7)17-18-41(37)53-42-15-10-16-43-46(42)47-44(55-43)20-22-52-48(47)39(27-34)49(38)53;/h8-22,24-26,28-29H,1-7H3;/q-2;. The number of benzene rings is 5. The molecule has 0 atom stereocenters. The van der Waals surface area contributed by atoms with E-state index in [1.807, 2.05) is 42.7 Å². The first-order valence-electron chi connectivity index (χ1n) is 19.2. The molecule has 0 saturated heterocycles. The molecule has 5 aromatic carbocycles. The van der Waals surface area contributed by atoms with Crippen LogP contribution in [0, 0.1) is 12.1 Å². The van der Waals surface area contributed by atoms with E-state index in [4.69, 9.17) is 19.1 Å². The van der Waals surface area contributed by atoms with E-state index in [0.29, 0.717) is 23.3 Å². The second-order valence-electron chi connectivity index (χ2n) is 16.5. The third-order valence-corrected chi connectivity index (χ3v) is 11.2. The van der Waals surface area contributed by atoms with Gasteiger partial charge in [0.25, 0.3) is 0 Å². The Bertz CT molecular complexity index is 3100. The van der Waals surface area contributed by atoms with Crippen LogP contribution in [-0.4, -0.2) is 14.4 Å². The summed E-state index contributed by atoms with van der Waals surface area (Å²) >= 11 is 0. The van der Waals surface area contributed by atoms with Crippen LogP contribution in [0.25, 0.3) is 82.5 Å². The molecule has 0 saturated carbocycles. The van der Waals surface area contributed by atoms with Crippen molar-refractivity contribution in [2.24, 2.45) is 0 Å². The number of hydrogen-bond donors (Lipinski definition) is 0. The normalized spacial score (nSPS) is 12.4. The molecular formula is C50H41IrN3O2-2. The molecule has 0 amide bonds. The Morgan fingerprint density at radius 2 is 1.41 bits per heavy atom. The molecule has 279 valence electrons. The summed E-state index contributed by atoms with van der Waals surface area (Å²) in [4.78, 5) is 9.82. The van der Waals surface area contributed by atoms with Crippen LogP contribution in [0.15, 0.2) is 114 Å². The number of fused-ring (bicyclic) bond motifs is 5. The first-order valence-corrected chi connectivity index (χ1v) is 19.2. The molecule has 10 aromatic rings. The van der Waals surface area contributed by atoms with Crippen molar-refractivity contribution < 1.29 is 29.3 Å². The Morgan fingerprint density at radius 3 is 2.18 bits per heavy atom. The first kappa shape index (κ1) is 36.1. The van der Waals surface area contributed by atoms with Gasteiger partial charge < -0.3 is 23.5 Å². The second-order valence-corrected chi connectivity index (χ2v) is 16.5. The zero-order valence-electron chi connectivity index (χ0n) is 32.5. The zero-order chi connectivity index (χ0) is 37.7. The Kier molecular flexibility index (Phi) is 8.57. The fourth-order valence-electron chi connectivity index (χ4n) is 8.51. The number of aromatic nitrogens is 3. The number of hydrogen-bond acceptors (Lipinski definition) is 4. The van der Waals surface area contributed by atoms with Gasteiger partial charge in [0.2, 0.25) is 0 Å². The maximum Gasteiger partial charge on any atom is 0.136 e. The van der Waals surface area contributed by atoms with Crippen LogP contribution in [-0.2, 0) is 25.5 Å². The number of furan rings is 1. The minimum atomic E-state index is -0.0262. The summed E-state index contributed by atoms with van der Waals surface area (Å²) in [6.45, 7) is 15.8. The molecule has 0 aliphatic heterocycles. The van der Waals surface area contributed by atoms with Crippen LogP contribution in [0.3, 0.4) is 0 Å². The van der Waals surface area contributed by atoms with E-state index in [-0.39, 0.29) is 25.5 Å². The SMILES string of the molecule is CC(C)c1cccc(C(C)C)c1-c1ccnc(-c2[c-]c(Oc3[c-]c4c5nccc6oc7cccc(c7c65)n5c6ccc(C(C)(C)C)cc6c(c3)c45)ccc2)c1.[Ir]. The van der Waals surface area contributed by atoms with Crippen molar-refractivity contribution >= 4 is 60.2 Å². The number of nitrogens with zero attached hydrogens (tertiary/aromatic N) is 3. The summed E-state index contributed by atoms with van der Waals surface area (Å²) < 4.78 is 15.5. The third kappa shape index (κ3) is 5.61. The molecule has 56 heavy (non-hydrogen) atoms.